The van der Waals surface area contributed by atoms with Gasteiger partial charge in [0.2, 0.25) is 0 Å². The van der Waals surface area contributed by atoms with E-state index < -0.39 is 0 Å². The van der Waals surface area contributed by atoms with Gasteiger partial charge >= 0.3 is 0 Å². The maximum atomic E-state index is 4.27. The second kappa shape index (κ2) is 6.17. The minimum absolute atomic E-state index is 0.292. The van der Waals surface area contributed by atoms with Crippen molar-refractivity contribution in [2.45, 2.75) is 33.9 Å². The van der Waals surface area contributed by atoms with Crippen molar-refractivity contribution in [3.8, 4) is 0 Å². The molecule has 0 amide bonds. The molecule has 0 atom stereocenters. The maximum absolute atomic E-state index is 4.27. The maximum Gasteiger partial charge on any atom is 0.0521 e. The fourth-order valence-electron chi connectivity index (χ4n) is 2.24. The summed E-state index contributed by atoms with van der Waals surface area (Å²) in [5.74, 6) is 0. The van der Waals surface area contributed by atoms with Crippen LogP contribution in [0.4, 0.5) is 0 Å². The normalized spacial score (nSPS) is 12.4. The summed E-state index contributed by atoms with van der Waals surface area (Å²) in [4.78, 5) is 2.23. The molecule has 0 aliphatic rings. The van der Waals surface area contributed by atoms with Crippen LogP contribution >= 0.6 is 0 Å². The van der Waals surface area contributed by atoms with Gasteiger partial charge in [0.05, 0.1) is 5.69 Å². The number of hydrogen-bond donors (Lipinski definition) is 1. The Hall–Kier alpha value is -0.870. The van der Waals surface area contributed by atoms with Crippen molar-refractivity contribution in [1.82, 2.24) is 20.0 Å². The van der Waals surface area contributed by atoms with Gasteiger partial charge in [-0.3, -0.25) is 4.68 Å². The van der Waals surface area contributed by atoms with Gasteiger partial charge in [0, 0.05) is 32.4 Å². The van der Waals surface area contributed by atoms with Crippen LogP contribution in [0.2, 0.25) is 0 Å². The van der Waals surface area contributed by atoms with Gasteiger partial charge in [-0.15, -0.1) is 0 Å². The zero-order valence-corrected chi connectivity index (χ0v) is 11.8. The molecular formula is C13H26N4. The fourth-order valence-corrected chi connectivity index (χ4v) is 2.24. The summed E-state index contributed by atoms with van der Waals surface area (Å²) in [6.45, 7) is 10.6. The number of aryl methyl sites for hydroxylation is 1. The van der Waals surface area contributed by atoms with Crippen LogP contribution in [0.25, 0.3) is 0 Å². The second-order valence-corrected chi connectivity index (χ2v) is 5.64. The van der Waals surface area contributed by atoms with Gasteiger partial charge in [-0.25, -0.2) is 0 Å². The number of nitrogens with zero attached hydrogens (tertiary/aromatic N) is 3. The molecule has 0 radical (unpaired) electrons. The molecule has 0 saturated carbocycles. The molecule has 1 aromatic heterocycles. The minimum atomic E-state index is 0.292. The zero-order valence-electron chi connectivity index (χ0n) is 11.8. The highest BCUT2D eigenvalue weighted by Gasteiger charge is 2.18. The molecule has 0 aromatic carbocycles. The van der Waals surface area contributed by atoms with Crippen molar-refractivity contribution >= 4 is 0 Å². The van der Waals surface area contributed by atoms with Crippen LogP contribution in [0, 0.1) is 5.41 Å². The molecule has 1 N–H and O–H groups in total. The third-order valence-electron chi connectivity index (χ3n) is 2.76. The molecular weight excluding hydrogens is 212 g/mol. The Kier molecular flexibility index (Phi) is 5.15. The Morgan fingerprint density at radius 3 is 2.71 bits per heavy atom. The Bertz CT molecular complexity index is 328. The quantitative estimate of drug-likeness (QED) is 0.783. The average Bonchev–Trinajstić information content (AvgIpc) is 2.62. The summed E-state index contributed by atoms with van der Waals surface area (Å²) in [5, 5.41) is 7.79. The molecule has 1 rings (SSSR count). The molecule has 0 spiro atoms. The molecule has 0 saturated heterocycles. The van der Waals surface area contributed by atoms with Crippen LogP contribution in [0.15, 0.2) is 12.3 Å². The first-order chi connectivity index (χ1) is 7.94. The van der Waals surface area contributed by atoms with E-state index in [1.165, 1.54) is 5.69 Å². The van der Waals surface area contributed by atoms with Gasteiger partial charge < -0.3 is 10.2 Å². The Morgan fingerprint density at radius 2 is 2.12 bits per heavy atom. The molecule has 98 valence electrons. The molecule has 0 aliphatic carbocycles. The highest BCUT2D eigenvalue weighted by atomic mass is 15.3. The van der Waals surface area contributed by atoms with Gasteiger partial charge in [-0.1, -0.05) is 13.8 Å². The largest absolute Gasteiger partial charge is 0.311 e. The minimum Gasteiger partial charge on any atom is -0.311 e. The lowest BCUT2D eigenvalue weighted by Crippen LogP contribution is -2.37. The summed E-state index contributed by atoms with van der Waals surface area (Å²) in [6.07, 6.45) is 1.87. The van der Waals surface area contributed by atoms with E-state index in [2.05, 4.69) is 56.2 Å². The van der Waals surface area contributed by atoms with E-state index in [4.69, 9.17) is 0 Å². The number of aromatic nitrogens is 2. The summed E-state index contributed by atoms with van der Waals surface area (Å²) >= 11 is 0. The van der Waals surface area contributed by atoms with Gasteiger partial charge in [0.1, 0.15) is 0 Å². The Labute approximate surface area is 105 Å². The van der Waals surface area contributed by atoms with Crippen LogP contribution in [-0.4, -0.2) is 41.9 Å². The Balaban J connectivity index is 2.37. The smallest absolute Gasteiger partial charge is 0.0521 e. The van der Waals surface area contributed by atoms with Crippen molar-refractivity contribution < 1.29 is 0 Å². The lowest BCUT2D eigenvalue weighted by atomic mass is 9.93. The van der Waals surface area contributed by atoms with Gasteiger partial charge in [-0.05, 0) is 32.5 Å². The van der Waals surface area contributed by atoms with E-state index >= 15 is 0 Å². The van der Waals surface area contributed by atoms with E-state index in [0.29, 0.717) is 5.41 Å². The molecule has 4 nitrogen and oxygen atoms in total. The van der Waals surface area contributed by atoms with E-state index in [9.17, 15) is 0 Å². The zero-order chi connectivity index (χ0) is 12.9. The first-order valence-corrected chi connectivity index (χ1v) is 6.31. The molecule has 4 heteroatoms. The summed E-state index contributed by atoms with van der Waals surface area (Å²) < 4.78 is 2.03. The van der Waals surface area contributed by atoms with Crippen molar-refractivity contribution in [3.63, 3.8) is 0 Å². The topological polar surface area (TPSA) is 33.1 Å². The average molecular weight is 238 g/mol. The van der Waals surface area contributed by atoms with Crippen molar-refractivity contribution in [3.05, 3.63) is 18.0 Å². The monoisotopic (exact) mass is 238 g/mol. The van der Waals surface area contributed by atoms with Crippen LogP contribution in [0.3, 0.4) is 0 Å². The first kappa shape index (κ1) is 14.2. The van der Waals surface area contributed by atoms with Crippen molar-refractivity contribution in [2.75, 3.05) is 27.2 Å². The Morgan fingerprint density at radius 1 is 1.41 bits per heavy atom. The number of hydrogen-bond acceptors (Lipinski definition) is 3. The van der Waals surface area contributed by atoms with E-state index in [-0.39, 0.29) is 0 Å². The van der Waals surface area contributed by atoms with E-state index in [0.717, 1.165) is 26.2 Å². The molecule has 0 fully saturated rings. The predicted octanol–water partition coefficient (Wildman–Crippen LogP) is 1.58. The molecule has 0 bridgehead atoms. The van der Waals surface area contributed by atoms with Crippen LogP contribution in [0.1, 0.15) is 26.5 Å². The fraction of sp³-hybridized carbons (Fsp3) is 0.769. The van der Waals surface area contributed by atoms with E-state index in [1.54, 1.807) is 0 Å². The standard InChI is InChI=1S/C13H26N4/c1-6-17-12(7-8-15-17)9-14-10-13(2,3)11-16(4)5/h7-8,14H,6,9-11H2,1-5H3. The van der Waals surface area contributed by atoms with E-state index in [1.807, 2.05) is 10.9 Å². The summed E-state index contributed by atoms with van der Waals surface area (Å²) in [6, 6.07) is 2.08. The SMILES string of the molecule is CCn1nccc1CNCC(C)(C)CN(C)C. The third-order valence-corrected chi connectivity index (χ3v) is 2.76. The summed E-state index contributed by atoms with van der Waals surface area (Å²) in [7, 11) is 4.24. The van der Waals surface area contributed by atoms with Crippen LogP contribution in [0.5, 0.6) is 0 Å². The lowest BCUT2D eigenvalue weighted by Gasteiger charge is -2.28. The van der Waals surface area contributed by atoms with Crippen molar-refractivity contribution in [2.24, 2.45) is 5.41 Å². The molecule has 0 unspecified atom stereocenters. The first-order valence-electron chi connectivity index (χ1n) is 6.31. The van der Waals surface area contributed by atoms with Crippen molar-refractivity contribution in [1.29, 1.82) is 0 Å². The highest BCUT2D eigenvalue weighted by molar-refractivity contribution is 5.00. The molecule has 0 aliphatic heterocycles. The highest BCUT2D eigenvalue weighted by Crippen LogP contribution is 2.14. The molecule has 1 aromatic rings. The van der Waals surface area contributed by atoms with Gasteiger partial charge in [-0.2, -0.15) is 5.10 Å². The number of rotatable bonds is 7. The van der Waals surface area contributed by atoms with Gasteiger partial charge in [0.15, 0.2) is 0 Å². The van der Waals surface area contributed by atoms with Crippen LogP contribution < -0.4 is 5.32 Å². The van der Waals surface area contributed by atoms with Crippen LogP contribution in [-0.2, 0) is 13.1 Å². The second-order valence-electron chi connectivity index (χ2n) is 5.64. The van der Waals surface area contributed by atoms with Gasteiger partial charge in [0.25, 0.3) is 0 Å². The third kappa shape index (κ3) is 4.88. The number of nitrogens with one attached hydrogen (secondary N) is 1. The molecule has 1 heterocycles. The molecule has 17 heavy (non-hydrogen) atoms. The predicted molar refractivity (Wildman–Crippen MR) is 71.9 cm³/mol. The lowest BCUT2D eigenvalue weighted by molar-refractivity contribution is 0.231. The summed E-state index contributed by atoms with van der Waals surface area (Å²) in [5.41, 5.74) is 1.55.